The molecule has 2 aromatic carbocycles. The number of ketones is 1. The number of benzene rings is 2. The molecule has 4 aromatic rings. The Bertz CT molecular complexity index is 1060. The smallest absolute Gasteiger partial charge is 0.205 e. The van der Waals surface area contributed by atoms with Crippen molar-refractivity contribution in [2.75, 3.05) is 5.75 Å². The SMILES string of the molecule is Cc1cccc(-n2c(SCC(=O)c3ccccc3)nnc2-c2ccco2)c1. The van der Waals surface area contributed by atoms with E-state index in [4.69, 9.17) is 4.42 Å². The summed E-state index contributed by atoms with van der Waals surface area (Å²) in [4.78, 5) is 12.5. The van der Waals surface area contributed by atoms with E-state index in [1.165, 1.54) is 11.8 Å². The van der Waals surface area contributed by atoms with Crippen LogP contribution in [0.1, 0.15) is 15.9 Å². The summed E-state index contributed by atoms with van der Waals surface area (Å²) in [6, 6.07) is 21.0. The summed E-state index contributed by atoms with van der Waals surface area (Å²) in [6.45, 7) is 2.03. The number of aryl methyl sites for hydroxylation is 1. The maximum Gasteiger partial charge on any atom is 0.205 e. The average molecular weight is 375 g/mol. The van der Waals surface area contributed by atoms with Gasteiger partial charge in [0.2, 0.25) is 5.82 Å². The van der Waals surface area contributed by atoms with Gasteiger partial charge in [-0.15, -0.1) is 10.2 Å². The number of furan rings is 1. The molecule has 0 saturated heterocycles. The van der Waals surface area contributed by atoms with E-state index in [0.29, 0.717) is 22.3 Å². The molecule has 2 heterocycles. The fourth-order valence-corrected chi connectivity index (χ4v) is 3.61. The van der Waals surface area contributed by atoms with Crippen molar-refractivity contribution in [2.24, 2.45) is 0 Å². The van der Waals surface area contributed by atoms with Crippen molar-refractivity contribution in [2.45, 2.75) is 12.1 Å². The molecule has 0 radical (unpaired) electrons. The molecule has 0 aliphatic carbocycles. The second kappa shape index (κ2) is 7.63. The van der Waals surface area contributed by atoms with Gasteiger partial charge in [0.05, 0.1) is 17.7 Å². The summed E-state index contributed by atoms with van der Waals surface area (Å²) < 4.78 is 7.45. The van der Waals surface area contributed by atoms with E-state index in [1.54, 1.807) is 6.26 Å². The van der Waals surface area contributed by atoms with Crippen LogP contribution in [0.15, 0.2) is 82.6 Å². The first kappa shape index (κ1) is 17.3. The third-order valence-corrected chi connectivity index (χ3v) is 4.99. The number of aromatic nitrogens is 3. The van der Waals surface area contributed by atoms with E-state index in [2.05, 4.69) is 16.3 Å². The third-order valence-electron chi connectivity index (χ3n) is 4.06. The number of thioether (sulfide) groups is 1. The first-order chi connectivity index (χ1) is 13.2. The number of nitrogens with zero attached hydrogens (tertiary/aromatic N) is 3. The Morgan fingerprint density at radius 3 is 2.63 bits per heavy atom. The summed E-state index contributed by atoms with van der Waals surface area (Å²) in [5, 5.41) is 9.26. The summed E-state index contributed by atoms with van der Waals surface area (Å²) in [7, 11) is 0. The quantitative estimate of drug-likeness (QED) is 0.357. The topological polar surface area (TPSA) is 60.9 Å². The molecule has 0 N–H and O–H groups in total. The van der Waals surface area contributed by atoms with Crippen LogP contribution in [0.4, 0.5) is 0 Å². The molecule has 2 aromatic heterocycles. The molecule has 6 heteroatoms. The average Bonchev–Trinajstić information content (AvgIpc) is 3.36. The monoisotopic (exact) mass is 375 g/mol. The first-order valence-corrected chi connectivity index (χ1v) is 9.48. The van der Waals surface area contributed by atoms with Crippen molar-refractivity contribution in [3.05, 3.63) is 84.1 Å². The molecule has 0 atom stereocenters. The van der Waals surface area contributed by atoms with Crippen LogP contribution in [-0.4, -0.2) is 26.3 Å². The van der Waals surface area contributed by atoms with Gasteiger partial charge in [0, 0.05) is 5.56 Å². The van der Waals surface area contributed by atoms with Crippen molar-refractivity contribution < 1.29 is 9.21 Å². The van der Waals surface area contributed by atoms with E-state index in [0.717, 1.165) is 11.3 Å². The molecule has 0 spiro atoms. The van der Waals surface area contributed by atoms with Crippen molar-refractivity contribution in [3.63, 3.8) is 0 Å². The van der Waals surface area contributed by atoms with Crippen molar-refractivity contribution in [1.82, 2.24) is 14.8 Å². The van der Waals surface area contributed by atoms with Crippen molar-refractivity contribution in [1.29, 1.82) is 0 Å². The van der Waals surface area contributed by atoms with E-state index in [-0.39, 0.29) is 11.5 Å². The first-order valence-electron chi connectivity index (χ1n) is 8.50. The Hall–Kier alpha value is -3.12. The highest BCUT2D eigenvalue weighted by molar-refractivity contribution is 7.99. The lowest BCUT2D eigenvalue weighted by Gasteiger charge is -2.09. The molecule has 4 rings (SSSR count). The lowest BCUT2D eigenvalue weighted by atomic mass is 10.2. The van der Waals surface area contributed by atoms with Gasteiger partial charge in [-0.3, -0.25) is 9.36 Å². The highest BCUT2D eigenvalue weighted by Crippen LogP contribution is 2.29. The van der Waals surface area contributed by atoms with Crippen molar-refractivity contribution in [3.8, 4) is 17.3 Å². The lowest BCUT2D eigenvalue weighted by Crippen LogP contribution is -2.05. The predicted octanol–water partition coefficient (Wildman–Crippen LogP) is 4.81. The number of carbonyl (C=O) groups is 1. The van der Waals surface area contributed by atoms with Gasteiger partial charge in [0.1, 0.15) is 0 Å². The minimum Gasteiger partial charge on any atom is -0.461 e. The van der Waals surface area contributed by atoms with Crippen LogP contribution in [0.25, 0.3) is 17.3 Å². The maximum absolute atomic E-state index is 12.5. The Labute approximate surface area is 161 Å². The predicted molar refractivity (Wildman–Crippen MR) is 105 cm³/mol. The van der Waals surface area contributed by atoms with Gasteiger partial charge in [-0.05, 0) is 36.8 Å². The normalized spacial score (nSPS) is 10.9. The molecular weight excluding hydrogens is 358 g/mol. The summed E-state index contributed by atoms with van der Waals surface area (Å²) in [5.41, 5.74) is 2.75. The molecule has 5 nitrogen and oxygen atoms in total. The van der Waals surface area contributed by atoms with Crippen LogP contribution in [0, 0.1) is 6.92 Å². The van der Waals surface area contributed by atoms with Gasteiger partial charge < -0.3 is 4.42 Å². The Morgan fingerprint density at radius 2 is 1.89 bits per heavy atom. The number of carbonyl (C=O) groups excluding carboxylic acids is 1. The molecule has 0 amide bonds. The van der Waals surface area contributed by atoms with Crippen LogP contribution in [0.3, 0.4) is 0 Å². The zero-order chi connectivity index (χ0) is 18.6. The van der Waals surface area contributed by atoms with Crippen LogP contribution in [0.5, 0.6) is 0 Å². The summed E-state index contributed by atoms with van der Waals surface area (Å²) in [5.74, 6) is 1.58. The second-order valence-electron chi connectivity index (χ2n) is 6.04. The highest BCUT2D eigenvalue weighted by atomic mass is 32.2. The summed E-state index contributed by atoms with van der Waals surface area (Å²) >= 11 is 1.37. The lowest BCUT2D eigenvalue weighted by molar-refractivity contribution is 0.102. The van der Waals surface area contributed by atoms with Crippen LogP contribution in [-0.2, 0) is 0 Å². The van der Waals surface area contributed by atoms with Gasteiger partial charge in [-0.1, -0.05) is 54.2 Å². The standard InChI is InChI=1S/C21H17N3O2S/c1-15-7-5-10-17(13-15)24-20(19-11-6-12-26-19)22-23-21(24)27-14-18(25)16-8-3-2-4-9-16/h2-13H,14H2,1H3. The van der Waals surface area contributed by atoms with Crippen molar-refractivity contribution >= 4 is 17.5 Å². The summed E-state index contributed by atoms with van der Waals surface area (Å²) in [6.07, 6.45) is 1.61. The minimum atomic E-state index is 0.0546. The Balaban J connectivity index is 1.68. The molecular formula is C21H17N3O2S. The third kappa shape index (κ3) is 3.71. The Morgan fingerprint density at radius 1 is 1.04 bits per heavy atom. The van der Waals surface area contributed by atoms with Gasteiger partial charge in [0.25, 0.3) is 0 Å². The van der Waals surface area contributed by atoms with Crippen LogP contribution in [0.2, 0.25) is 0 Å². The van der Waals surface area contributed by atoms with Gasteiger partial charge >= 0.3 is 0 Å². The van der Waals surface area contributed by atoms with E-state index in [9.17, 15) is 4.79 Å². The number of Topliss-reactive ketones (excluding diaryl/α,β-unsaturated/α-hetero) is 1. The van der Waals surface area contributed by atoms with Crippen LogP contribution >= 0.6 is 11.8 Å². The van der Waals surface area contributed by atoms with Gasteiger partial charge in [-0.2, -0.15) is 0 Å². The molecule has 0 aliphatic heterocycles. The van der Waals surface area contributed by atoms with E-state index < -0.39 is 0 Å². The van der Waals surface area contributed by atoms with Crippen LogP contribution < -0.4 is 0 Å². The van der Waals surface area contributed by atoms with E-state index in [1.807, 2.05) is 72.2 Å². The molecule has 0 saturated carbocycles. The van der Waals surface area contributed by atoms with Gasteiger partial charge in [0.15, 0.2) is 16.7 Å². The molecule has 27 heavy (non-hydrogen) atoms. The zero-order valence-electron chi connectivity index (χ0n) is 14.7. The Kier molecular flexibility index (Phi) is 4.89. The highest BCUT2D eigenvalue weighted by Gasteiger charge is 2.19. The molecule has 0 unspecified atom stereocenters. The molecule has 0 fully saturated rings. The second-order valence-corrected chi connectivity index (χ2v) is 6.98. The molecule has 0 bridgehead atoms. The largest absolute Gasteiger partial charge is 0.461 e. The number of hydrogen-bond donors (Lipinski definition) is 0. The fraction of sp³-hybridized carbons (Fsp3) is 0.0952. The zero-order valence-corrected chi connectivity index (χ0v) is 15.5. The number of hydrogen-bond acceptors (Lipinski definition) is 5. The minimum absolute atomic E-state index is 0.0546. The van der Waals surface area contributed by atoms with E-state index >= 15 is 0 Å². The van der Waals surface area contributed by atoms with Gasteiger partial charge in [-0.25, -0.2) is 0 Å². The molecule has 134 valence electrons. The maximum atomic E-state index is 12.5. The molecule has 0 aliphatic rings. The fourth-order valence-electron chi connectivity index (χ4n) is 2.77. The number of rotatable bonds is 6.